The van der Waals surface area contributed by atoms with Crippen LogP contribution in [0.25, 0.3) is 0 Å². The van der Waals surface area contributed by atoms with Crippen molar-refractivity contribution in [3.63, 3.8) is 0 Å². The number of esters is 1. The van der Waals surface area contributed by atoms with Crippen LogP contribution in [0.5, 0.6) is 11.5 Å². The maximum absolute atomic E-state index is 12.2. The van der Waals surface area contributed by atoms with Gasteiger partial charge < -0.3 is 19.1 Å². The summed E-state index contributed by atoms with van der Waals surface area (Å²) in [4.78, 5) is 14.5. The van der Waals surface area contributed by atoms with Crippen LogP contribution >= 0.6 is 12.4 Å². The predicted octanol–water partition coefficient (Wildman–Crippen LogP) is 5.68. The molecule has 3 rings (SSSR count). The molecule has 1 aliphatic rings. The molecule has 0 saturated heterocycles. The fraction of sp³-hybridized carbons (Fsp3) is 0.536. The van der Waals surface area contributed by atoms with Crippen LogP contribution in [-0.2, 0) is 22.4 Å². The quantitative estimate of drug-likeness (QED) is 0.402. The molecule has 2 aromatic rings. The fourth-order valence-electron chi connectivity index (χ4n) is 5.40. The minimum atomic E-state index is -0.466. The Morgan fingerprint density at radius 2 is 1.79 bits per heavy atom. The van der Waals surface area contributed by atoms with E-state index >= 15 is 0 Å². The summed E-state index contributed by atoms with van der Waals surface area (Å²) in [7, 11) is 5.46. The second kappa shape index (κ2) is 12.5. The highest BCUT2D eigenvalue weighted by Gasteiger charge is 2.47. The predicted molar refractivity (Wildman–Crippen MR) is 139 cm³/mol. The van der Waals surface area contributed by atoms with E-state index in [2.05, 4.69) is 56.1 Å². The van der Waals surface area contributed by atoms with Gasteiger partial charge in [0, 0.05) is 32.4 Å². The van der Waals surface area contributed by atoms with Gasteiger partial charge in [0.1, 0.15) is 5.60 Å². The van der Waals surface area contributed by atoms with Crippen molar-refractivity contribution in [1.82, 2.24) is 4.90 Å². The van der Waals surface area contributed by atoms with Crippen LogP contribution in [0.15, 0.2) is 42.5 Å². The van der Waals surface area contributed by atoms with E-state index in [4.69, 9.17) is 14.2 Å². The molecule has 1 aliphatic carbocycles. The van der Waals surface area contributed by atoms with Gasteiger partial charge in [-0.3, -0.25) is 4.79 Å². The average molecular weight is 490 g/mol. The van der Waals surface area contributed by atoms with Crippen LogP contribution in [0, 0.1) is 5.92 Å². The monoisotopic (exact) mass is 489 g/mol. The van der Waals surface area contributed by atoms with Crippen LogP contribution in [0.2, 0.25) is 0 Å². The first-order chi connectivity index (χ1) is 15.8. The highest BCUT2D eigenvalue weighted by molar-refractivity contribution is 5.85. The van der Waals surface area contributed by atoms with E-state index in [9.17, 15) is 4.79 Å². The first-order valence-corrected chi connectivity index (χ1v) is 12.0. The molecule has 0 saturated carbocycles. The Morgan fingerprint density at radius 3 is 2.44 bits per heavy atom. The molecule has 34 heavy (non-hydrogen) atoms. The van der Waals surface area contributed by atoms with Gasteiger partial charge in [0.2, 0.25) is 0 Å². The van der Waals surface area contributed by atoms with Crippen LogP contribution in [0.3, 0.4) is 0 Å². The molecular formula is C28H40ClNO4. The van der Waals surface area contributed by atoms with Gasteiger partial charge in [0.05, 0.1) is 14.2 Å². The molecule has 0 N–H and O–H groups in total. The number of nitrogens with zero attached hydrogens (tertiary/aromatic N) is 1. The standard InChI is InChI=1S/C28H39NO4.ClH/c1-20(2)27-24-10-8-7-9-23(24)13-15-28(27,33-21(3)30)16-18-29(4)17-14-22-11-12-25(31-5)26(19-22)32-6;/h7-12,19-20,27H,13-18H2,1-6H3;1H/t27-,28-;/m0./s1. The van der Waals surface area contributed by atoms with Gasteiger partial charge in [-0.1, -0.05) is 44.2 Å². The molecule has 2 aromatic carbocycles. The molecule has 6 heteroatoms. The van der Waals surface area contributed by atoms with Crippen molar-refractivity contribution in [2.45, 2.75) is 58.0 Å². The number of benzene rings is 2. The summed E-state index contributed by atoms with van der Waals surface area (Å²) < 4.78 is 17.0. The van der Waals surface area contributed by atoms with Crippen molar-refractivity contribution in [3.8, 4) is 11.5 Å². The van der Waals surface area contributed by atoms with E-state index < -0.39 is 5.60 Å². The van der Waals surface area contributed by atoms with E-state index in [0.717, 1.165) is 50.3 Å². The summed E-state index contributed by atoms with van der Waals surface area (Å²) in [5.74, 6) is 1.89. The number of fused-ring (bicyclic) bond motifs is 1. The van der Waals surface area contributed by atoms with Gasteiger partial charge >= 0.3 is 5.97 Å². The second-order valence-electron chi connectivity index (χ2n) is 9.57. The summed E-state index contributed by atoms with van der Waals surface area (Å²) in [5.41, 5.74) is 3.47. The maximum atomic E-state index is 12.2. The van der Waals surface area contributed by atoms with Gasteiger partial charge in [-0.05, 0) is 61.1 Å². The normalized spacial score (nSPS) is 19.4. The number of rotatable bonds is 10. The SMILES string of the molecule is COc1ccc(CCN(C)CC[C@@]2(OC(C)=O)CCc3ccccc3[C@@H]2C(C)C)cc1OC.Cl. The van der Waals surface area contributed by atoms with E-state index in [0.29, 0.717) is 5.92 Å². The molecule has 0 bridgehead atoms. The van der Waals surface area contributed by atoms with Crippen LogP contribution < -0.4 is 9.47 Å². The van der Waals surface area contributed by atoms with E-state index in [1.165, 1.54) is 16.7 Å². The van der Waals surface area contributed by atoms with Crippen LogP contribution in [-0.4, -0.2) is 50.8 Å². The molecule has 0 aliphatic heterocycles. The number of halogens is 1. The van der Waals surface area contributed by atoms with Gasteiger partial charge in [-0.25, -0.2) is 0 Å². The lowest BCUT2D eigenvalue weighted by atomic mass is 9.65. The molecule has 0 unspecified atom stereocenters. The number of carbonyl (C=O) groups is 1. The first-order valence-electron chi connectivity index (χ1n) is 12.0. The highest BCUT2D eigenvalue weighted by Crippen LogP contribution is 2.48. The zero-order valence-corrected chi connectivity index (χ0v) is 22.2. The Balaban J connectivity index is 0.00000408. The molecule has 2 atom stereocenters. The van der Waals surface area contributed by atoms with Crippen molar-refractivity contribution in [1.29, 1.82) is 0 Å². The van der Waals surface area contributed by atoms with Crippen molar-refractivity contribution >= 4 is 18.4 Å². The molecule has 5 nitrogen and oxygen atoms in total. The van der Waals surface area contributed by atoms with Crippen molar-refractivity contribution in [3.05, 3.63) is 59.2 Å². The summed E-state index contributed by atoms with van der Waals surface area (Å²) in [6.07, 6.45) is 3.55. The van der Waals surface area contributed by atoms with Gasteiger partial charge in [-0.2, -0.15) is 0 Å². The van der Waals surface area contributed by atoms with Crippen molar-refractivity contribution < 1.29 is 19.0 Å². The number of methoxy groups -OCH3 is 2. The topological polar surface area (TPSA) is 48.0 Å². The lowest BCUT2D eigenvalue weighted by molar-refractivity contribution is -0.164. The lowest BCUT2D eigenvalue weighted by Crippen LogP contribution is -2.48. The highest BCUT2D eigenvalue weighted by atomic mass is 35.5. The van der Waals surface area contributed by atoms with Crippen molar-refractivity contribution in [2.24, 2.45) is 5.92 Å². The zero-order chi connectivity index (χ0) is 24.0. The number of hydrogen-bond donors (Lipinski definition) is 0. The third-order valence-electron chi connectivity index (χ3n) is 6.93. The number of likely N-dealkylation sites (N-methyl/N-ethyl adjacent to an activating group) is 1. The van der Waals surface area contributed by atoms with Crippen LogP contribution in [0.1, 0.15) is 56.2 Å². The Labute approximate surface area is 211 Å². The fourth-order valence-corrected chi connectivity index (χ4v) is 5.40. The molecular weight excluding hydrogens is 450 g/mol. The molecule has 0 aromatic heterocycles. The zero-order valence-electron chi connectivity index (χ0n) is 21.4. The Hall–Kier alpha value is -2.24. The third-order valence-corrected chi connectivity index (χ3v) is 6.93. The number of hydrogen-bond acceptors (Lipinski definition) is 5. The largest absolute Gasteiger partial charge is 0.493 e. The smallest absolute Gasteiger partial charge is 0.303 e. The summed E-state index contributed by atoms with van der Waals surface area (Å²) >= 11 is 0. The molecule has 0 fully saturated rings. The number of carbonyl (C=O) groups excluding carboxylic acids is 1. The minimum Gasteiger partial charge on any atom is -0.493 e. The van der Waals surface area contributed by atoms with Gasteiger partial charge in [0.15, 0.2) is 11.5 Å². The maximum Gasteiger partial charge on any atom is 0.303 e. The summed E-state index contributed by atoms with van der Waals surface area (Å²) in [6.45, 7) is 7.80. The molecule has 188 valence electrons. The summed E-state index contributed by atoms with van der Waals surface area (Å²) in [5, 5.41) is 0. The average Bonchev–Trinajstić information content (AvgIpc) is 2.80. The molecule has 0 radical (unpaired) electrons. The van der Waals surface area contributed by atoms with Gasteiger partial charge in [0.25, 0.3) is 0 Å². The van der Waals surface area contributed by atoms with Gasteiger partial charge in [-0.15, -0.1) is 12.4 Å². The minimum absolute atomic E-state index is 0. The summed E-state index contributed by atoms with van der Waals surface area (Å²) in [6, 6.07) is 14.7. The van der Waals surface area contributed by atoms with E-state index in [1.54, 1.807) is 21.1 Å². The van der Waals surface area contributed by atoms with Crippen molar-refractivity contribution in [2.75, 3.05) is 34.4 Å². The molecule has 0 heterocycles. The lowest BCUT2D eigenvalue weighted by Gasteiger charge is -2.47. The Bertz CT molecular complexity index is 948. The Morgan fingerprint density at radius 1 is 1.09 bits per heavy atom. The molecule has 0 spiro atoms. The van der Waals surface area contributed by atoms with Crippen LogP contribution in [0.4, 0.5) is 0 Å². The number of aryl methyl sites for hydroxylation is 1. The Kier molecular flexibility index (Phi) is 10.3. The number of ether oxygens (including phenoxy) is 3. The third kappa shape index (κ3) is 6.45. The first kappa shape index (κ1) is 28.0. The second-order valence-corrected chi connectivity index (χ2v) is 9.57. The molecule has 0 amide bonds. The van der Waals surface area contributed by atoms with E-state index in [-0.39, 0.29) is 24.3 Å². The van der Waals surface area contributed by atoms with E-state index in [1.807, 2.05) is 12.1 Å².